The molecule has 0 atom stereocenters. The maximum atomic E-state index is 13.7. The monoisotopic (exact) mass is 498 g/mol. The molecule has 0 aromatic heterocycles. The zero-order chi connectivity index (χ0) is 24.1. The highest BCUT2D eigenvalue weighted by molar-refractivity contribution is 6.30. The third kappa shape index (κ3) is 4.88. The van der Waals surface area contributed by atoms with Crippen molar-refractivity contribution < 1.29 is 14.3 Å². The second kappa shape index (κ2) is 10.7. The molecule has 3 aromatic carbocycles. The van der Waals surface area contributed by atoms with Gasteiger partial charge < -0.3 is 20.5 Å². The summed E-state index contributed by atoms with van der Waals surface area (Å²) in [6, 6.07) is 20.1. The Balaban J connectivity index is 1.85. The topological polar surface area (TPSA) is 73.6 Å². The van der Waals surface area contributed by atoms with E-state index >= 15 is 0 Å². The first-order chi connectivity index (χ1) is 16.4. The molecule has 0 spiro atoms. The number of rotatable bonds is 7. The van der Waals surface area contributed by atoms with Gasteiger partial charge in [0.15, 0.2) is 0 Å². The van der Waals surface area contributed by atoms with Crippen molar-refractivity contribution in [1.82, 2.24) is 0 Å². The molecular formula is C27H28Cl2N2O3. The Labute approximate surface area is 210 Å². The van der Waals surface area contributed by atoms with Crippen LogP contribution >= 0.6 is 23.2 Å². The van der Waals surface area contributed by atoms with E-state index in [2.05, 4.69) is 5.32 Å². The number of ether oxygens (including phenoxy) is 2. The second-order valence-electron chi connectivity index (χ2n) is 8.49. The molecule has 3 aromatic rings. The van der Waals surface area contributed by atoms with E-state index in [1.54, 1.807) is 24.3 Å². The minimum absolute atomic E-state index is 0.419. The van der Waals surface area contributed by atoms with Crippen LogP contribution in [0.15, 0.2) is 66.7 Å². The van der Waals surface area contributed by atoms with Crippen LogP contribution in [0.2, 0.25) is 10.0 Å². The van der Waals surface area contributed by atoms with Crippen LogP contribution in [0.1, 0.15) is 29.5 Å². The van der Waals surface area contributed by atoms with Crippen LogP contribution < -0.4 is 11.1 Å². The van der Waals surface area contributed by atoms with E-state index < -0.39 is 11.4 Å². The van der Waals surface area contributed by atoms with Crippen LogP contribution in [0, 0.1) is 5.92 Å². The number of carbonyl (C=O) groups is 1. The van der Waals surface area contributed by atoms with E-state index in [4.69, 9.17) is 38.4 Å². The van der Waals surface area contributed by atoms with Gasteiger partial charge in [0, 0.05) is 29.8 Å². The third-order valence-corrected chi connectivity index (χ3v) is 6.96. The van der Waals surface area contributed by atoms with Crippen LogP contribution in [0.3, 0.4) is 0 Å². The molecule has 4 rings (SSSR count). The van der Waals surface area contributed by atoms with Gasteiger partial charge in [0.05, 0.1) is 18.5 Å². The van der Waals surface area contributed by atoms with Crippen LogP contribution in [0.25, 0.3) is 0 Å². The van der Waals surface area contributed by atoms with Crippen molar-refractivity contribution in [2.75, 3.05) is 37.9 Å². The van der Waals surface area contributed by atoms with Crippen molar-refractivity contribution in [2.24, 2.45) is 5.92 Å². The van der Waals surface area contributed by atoms with Gasteiger partial charge in [0.25, 0.3) is 0 Å². The van der Waals surface area contributed by atoms with Crippen molar-refractivity contribution in [3.63, 3.8) is 0 Å². The molecule has 7 heteroatoms. The first kappa shape index (κ1) is 24.4. The molecule has 0 saturated carbocycles. The van der Waals surface area contributed by atoms with Crippen molar-refractivity contribution >= 4 is 40.5 Å². The van der Waals surface area contributed by atoms with Gasteiger partial charge in [0.2, 0.25) is 0 Å². The summed E-state index contributed by atoms with van der Waals surface area (Å²) in [5.74, 6) is 0.0898. The van der Waals surface area contributed by atoms with Crippen LogP contribution in [-0.2, 0) is 19.7 Å². The summed E-state index contributed by atoms with van der Waals surface area (Å²) in [6.45, 7) is 2.34. The number of carbonyl (C=O) groups excluding carboxylic acids is 1. The smallest absolute Gasteiger partial charge is 0.325 e. The number of benzene rings is 3. The van der Waals surface area contributed by atoms with Crippen LogP contribution in [-0.4, -0.2) is 32.8 Å². The van der Waals surface area contributed by atoms with E-state index in [9.17, 15) is 4.79 Å². The second-order valence-corrected chi connectivity index (χ2v) is 9.37. The van der Waals surface area contributed by atoms with E-state index in [1.165, 1.54) is 7.11 Å². The van der Waals surface area contributed by atoms with Crippen molar-refractivity contribution in [1.29, 1.82) is 0 Å². The lowest BCUT2D eigenvalue weighted by molar-refractivity contribution is -0.144. The Morgan fingerprint density at radius 2 is 1.50 bits per heavy atom. The number of nitrogens with one attached hydrogen (secondary N) is 1. The number of methoxy groups -OCH3 is 1. The Kier molecular flexibility index (Phi) is 7.67. The Hall–Kier alpha value is -2.73. The van der Waals surface area contributed by atoms with E-state index in [0.29, 0.717) is 21.7 Å². The summed E-state index contributed by atoms with van der Waals surface area (Å²) in [7, 11) is 1.39. The highest BCUT2D eigenvalue weighted by atomic mass is 35.5. The average molecular weight is 499 g/mol. The minimum atomic E-state index is -1.24. The van der Waals surface area contributed by atoms with Gasteiger partial charge in [-0.3, -0.25) is 4.79 Å². The Bertz CT molecular complexity index is 1080. The summed E-state index contributed by atoms with van der Waals surface area (Å²) in [4.78, 5) is 13.7. The van der Waals surface area contributed by atoms with E-state index in [0.717, 1.165) is 55.0 Å². The molecule has 0 radical (unpaired) electrons. The first-order valence-electron chi connectivity index (χ1n) is 11.3. The SMILES string of the molecule is COC(=O)C(c1ccc(Cl)cc1)(c1ccc(Cl)cc1)c1ccc(N)c(NCC2CCOCC2)c1. The summed E-state index contributed by atoms with van der Waals surface area (Å²) < 4.78 is 10.9. The summed E-state index contributed by atoms with van der Waals surface area (Å²) in [5, 5.41) is 4.66. The van der Waals surface area contributed by atoms with Gasteiger partial charge in [-0.2, -0.15) is 0 Å². The summed E-state index contributed by atoms with van der Waals surface area (Å²) in [6.07, 6.45) is 2.02. The van der Waals surface area contributed by atoms with Gasteiger partial charge in [-0.05, 0) is 71.8 Å². The maximum absolute atomic E-state index is 13.7. The predicted molar refractivity (Wildman–Crippen MR) is 138 cm³/mol. The number of anilines is 2. The number of nitrogen functional groups attached to an aromatic ring is 1. The fraction of sp³-hybridized carbons (Fsp3) is 0.296. The number of hydrogen-bond donors (Lipinski definition) is 2. The molecule has 178 valence electrons. The zero-order valence-corrected chi connectivity index (χ0v) is 20.5. The normalized spacial score (nSPS) is 14.6. The minimum Gasteiger partial charge on any atom is -0.468 e. The number of hydrogen-bond acceptors (Lipinski definition) is 5. The molecule has 0 unspecified atom stereocenters. The molecule has 1 heterocycles. The fourth-order valence-corrected chi connectivity index (χ4v) is 4.81. The van der Waals surface area contributed by atoms with Crippen molar-refractivity contribution in [3.05, 3.63) is 93.5 Å². The molecule has 3 N–H and O–H groups in total. The molecule has 0 amide bonds. The van der Waals surface area contributed by atoms with Crippen molar-refractivity contribution in [2.45, 2.75) is 18.3 Å². The molecular weight excluding hydrogens is 471 g/mol. The summed E-state index contributed by atoms with van der Waals surface area (Å²) in [5.41, 5.74) is 8.67. The lowest BCUT2D eigenvalue weighted by Gasteiger charge is -2.33. The molecule has 1 saturated heterocycles. The molecule has 34 heavy (non-hydrogen) atoms. The number of esters is 1. The first-order valence-corrected chi connectivity index (χ1v) is 12.0. The predicted octanol–water partition coefficient (Wildman–Crippen LogP) is 5.92. The quantitative estimate of drug-likeness (QED) is 0.240. The highest BCUT2D eigenvalue weighted by Gasteiger charge is 2.45. The average Bonchev–Trinajstić information content (AvgIpc) is 2.87. The fourth-order valence-electron chi connectivity index (χ4n) is 4.55. The van der Waals surface area contributed by atoms with Gasteiger partial charge >= 0.3 is 5.97 Å². The molecule has 1 aliphatic rings. The Morgan fingerprint density at radius 3 is 2.03 bits per heavy atom. The molecule has 5 nitrogen and oxygen atoms in total. The van der Waals surface area contributed by atoms with Gasteiger partial charge in [-0.25, -0.2) is 0 Å². The van der Waals surface area contributed by atoms with E-state index in [1.807, 2.05) is 42.5 Å². The standard InChI is InChI=1S/C27H28Cl2N2O3/c1-33-26(32)27(19-2-7-22(28)8-3-19,20-4-9-23(29)10-5-20)21-6-11-24(30)25(16-21)31-17-18-12-14-34-15-13-18/h2-11,16,18,31H,12-15,17,30H2,1H3. The molecule has 1 aliphatic heterocycles. The molecule has 0 aliphatic carbocycles. The van der Waals surface area contributed by atoms with Crippen molar-refractivity contribution in [3.8, 4) is 0 Å². The lowest BCUT2D eigenvalue weighted by atomic mass is 9.69. The third-order valence-electron chi connectivity index (χ3n) is 6.45. The molecule has 1 fully saturated rings. The zero-order valence-electron chi connectivity index (χ0n) is 19.0. The Morgan fingerprint density at radius 1 is 0.971 bits per heavy atom. The highest BCUT2D eigenvalue weighted by Crippen LogP contribution is 2.43. The van der Waals surface area contributed by atoms with Crippen LogP contribution in [0.5, 0.6) is 0 Å². The number of nitrogens with two attached hydrogens (primary N) is 1. The number of halogens is 2. The lowest BCUT2D eigenvalue weighted by Crippen LogP contribution is -2.39. The van der Waals surface area contributed by atoms with E-state index in [-0.39, 0.29) is 0 Å². The van der Waals surface area contributed by atoms with Gasteiger partial charge in [-0.15, -0.1) is 0 Å². The van der Waals surface area contributed by atoms with Crippen LogP contribution in [0.4, 0.5) is 11.4 Å². The van der Waals surface area contributed by atoms with Gasteiger partial charge in [0.1, 0.15) is 5.41 Å². The van der Waals surface area contributed by atoms with Gasteiger partial charge in [-0.1, -0.05) is 53.5 Å². The summed E-state index contributed by atoms with van der Waals surface area (Å²) >= 11 is 12.4. The largest absolute Gasteiger partial charge is 0.468 e. The maximum Gasteiger partial charge on any atom is 0.325 e. The molecule has 0 bridgehead atoms.